The third kappa shape index (κ3) is 5.41. The van der Waals surface area contributed by atoms with E-state index in [-0.39, 0.29) is 11.6 Å². The molecule has 0 aliphatic heterocycles. The summed E-state index contributed by atoms with van der Waals surface area (Å²) in [4.78, 5) is 18.8. The van der Waals surface area contributed by atoms with Crippen molar-refractivity contribution in [3.05, 3.63) is 87.5 Å². The molecule has 2 heterocycles. The van der Waals surface area contributed by atoms with Crippen molar-refractivity contribution in [2.24, 2.45) is 0 Å². The molecule has 7 heteroatoms. The first kappa shape index (κ1) is 24.4. The Balaban J connectivity index is 1.53. The molecule has 0 spiro atoms. The number of benzene rings is 2. The fourth-order valence-corrected chi connectivity index (χ4v) is 5.63. The minimum absolute atomic E-state index is 0.00807. The van der Waals surface area contributed by atoms with E-state index in [9.17, 15) is 4.79 Å². The minimum atomic E-state index is -0.00807. The van der Waals surface area contributed by atoms with Crippen LogP contribution >= 0.6 is 0 Å². The van der Waals surface area contributed by atoms with E-state index in [1.807, 2.05) is 35.0 Å². The van der Waals surface area contributed by atoms with Gasteiger partial charge in [-0.3, -0.25) is 9.69 Å². The number of rotatable bonds is 9. The summed E-state index contributed by atoms with van der Waals surface area (Å²) >= 11 is 0. The first-order valence-electron chi connectivity index (χ1n) is 13.3. The molecule has 2 aromatic carbocycles. The molecule has 1 fully saturated rings. The Morgan fingerprint density at radius 3 is 2.67 bits per heavy atom. The molecule has 1 atom stereocenters. The number of nitrogens with zero attached hydrogens (tertiary/aromatic N) is 5. The predicted molar refractivity (Wildman–Crippen MR) is 143 cm³/mol. The molecule has 1 aliphatic rings. The Morgan fingerprint density at radius 1 is 1.08 bits per heavy atom. The van der Waals surface area contributed by atoms with Crippen molar-refractivity contribution in [2.75, 3.05) is 0 Å². The van der Waals surface area contributed by atoms with E-state index < -0.39 is 0 Å². The largest absolute Gasteiger partial charge is 0.322 e. The molecule has 0 saturated heterocycles. The molecule has 1 unspecified atom stereocenters. The lowest BCUT2D eigenvalue weighted by Crippen LogP contribution is -2.41. The van der Waals surface area contributed by atoms with Crippen molar-refractivity contribution >= 4 is 10.9 Å². The number of fused-ring (bicyclic) bond motifs is 1. The van der Waals surface area contributed by atoms with Crippen molar-refractivity contribution in [2.45, 2.75) is 84.0 Å². The Bertz CT molecular complexity index is 1340. The zero-order chi connectivity index (χ0) is 24.9. The van der Waals surface area contributed by atoms with Crippen molar-refractivity contribution < 1.29 is 0 Å². The molecule has 188 valence electrons. The van der Waals surface area contributed by atoms with Gasteiger partial charge in [0.25, 0.3) is 5.56 Å². The summed E-state index contributed by atoms with van der Waals surface area (Å²) in [7, 11) is 0. The summed E-state index contributed by atoms with van der Waals surface area (Å²) in [6.07, 6.45) is 7.97. The van der Waals surface area contributed by atoms with Gasteiger partial charge in [0.1, 0.15) is 0 Å². The van der Waals surface area contributed by atoms with Crippen LogP contribution in [0.3, 0.4) is 0 Å². The Morgan fingerprint density at radius 2 is 1.89 bits per heavy atom. The fraction of sp³-hybridized carbons (Fsp3) is 0.448. The second kappa shape index (κ2) is 11.2. The van der Waals surface area contributed by atoms with Crippen LogP contribution < -0.4 is 5.56 Å². The highest BCUT2D eigenvalue weighted by atomic mass is 16.1. The highest BCUT2D eigenvalue weighted by molar-refractivity contribution is 5.79. The normalized spacial score (nSPS) is 15.5. The van der Waals surface area contributed by atoms with Crippen LogP contribution in [-0.4, -0.2) is 36.1 Å². The lowest BCUT2D eigenvalue weighted by molar-refractivity contribution is 0.0812. The van der Waals surface area contributed by atoms with Gasteiger partial charge in [-0.25, -0.2) is 4.68 Å². The van der Waals surface area contributed by atoms with Gasteiger partial charge >= 0.3 is 0 Å². The standard InChI is InChI=1S/C29H36N6O/c1-3-10-27(28-31-32-33-35(28)19-22-11-6-4-7-12-22)34(25-13-8-5-9-14-25)20-24-18-23-17-21(2)15-16-26(23)30-29(24)36/h4,6-7,11-12,15-18,25,27H,3,5,8-10,13-14,19-20H2,1-2H3,(H,30,36). The molecule has 36 heavy (non-hydrogen) atoms. The Kier molecular flexibility index (Phi) is 7.56. The summed E-state index contributed by atoms with van der Waals surface area (Å²) in [5.74, 6) is 0.888. The van der Waals surface area contributed by atoms with Crippen molar-refractivity contribution in [3.8, 4) is 0 Å². The summed E-state index contributed by atoms with van der Waals surface area (Å²) in [6, 6.07) is 19.0. The van der Waals surface area contributed by atoms with E-state index in [4.69, 9.17) is 0 Å². The quantitative estimate of drug-likeness (QED) is 0.337. The van der Waals surface area contributed by atoms with Crippen LogP contribution in [0.25, 0.3) is 10.9 Å². The molecule has 0 amide bonds. The molecule has 7 nitrogen and oxygen atoms in total. The van der Waals surface area contributed by atoms with Gasteiger partial charge in [-0.15, -0.1) is 5.10 Å². The molecule has 5 rings (SSSR count). The second-order valence-electron chi connectivity index (χ2n) is 10.2. The highest BCUT2D eigenvalue weighted by Crippen LogP contribution is 2.34. The number of aromatic nitrogens is 5. The molecule has 0 bridgehead atoms. The number of aromatic amines is 1. The molecule has 0 radical (unpaired) electrons. The van der Waals surface area contributed by atoms with E-state index in [2.05, 4.69) is 63.5 Å². The summed E-state index contributed by atoms with van der Waals surface area (Å²) < 4.78 is 1.94. The van der Waals surface area contributed by atoms with Crippen LogP contribution in [0.15, 0.2) is 59.4 Å². The number of hydrogen-bond donors (Lipinski definition) is 1. The average Bonchev–Trinajstić information content (AvgIpc) is 3.35. The predicted octanol–water partition coefficient (Wildman–Crippen LogP) is 5.55. The summed E-state index contributed by atoms with van der Waals surface area (Å²) in [5, 5.41) is 14.1. The number of hydrogen-bond acceptors (Lipinski definition) is 5. The lowest BCUT2D eigenvalue weighted by atomic mass is 9.91. The lowest BCUT2D eigenvalue weighted by Gasteiger charge is -2.39. The first-order chi connectivity index (χ1) is 17.6. The molecular formula is C29H36N6O. The maximum Gasteiger partial charge on any atom is 0.252 e. The van der Waals surface area contributed by atoms with Crippen LogP contribution in [0, 0.1) is 6.92 Å². The van der Waals surface area contributed by atoms with E-state index in [1.54, 1.807) is 0 Å². The van der Waals surface area contributed by atoms with E-state index in [0.29, 0.717) is 19.1 Å². The molecule has 4 aromatic rings. The van der Waals surface area contributed by atoms with E-state index in [0.717, 1.165) is 48.0 Å². The number of tetrazole rings is 1. The number of aryl methyl sites for hydroxylation is 1. The molecule has 1 aliphatic carbocycles. The number of pyridine rings is 1. The highest BCUT2D eigenvalue weighted by Gasteiger charge is 2.32. The molecule has 2 aromatic heterocycles. The maximum atomic E-state index is 13.2. The second-order valence-corrected chi connectivity index (χ2v) is 10.2. The Hall–Kier alpha value is -3.32. The van der Waals surface area contributed by atoms with E-state index in [1.165, 1.54) is 30.4 Å². The third-order valence-corrected chi connectivity index (χ3v) is 7.47. The fourth-order valence-electron chi connectivity index (χ4n) is 5.63. The van der Waals surface area contributed by atoms with Gasteiger partial charge in [0.2, 0.25) is 0 Å². The summed E-state index contributed by atoms with van der Waals surface area (Å²) in [5.41, 5.74) is 4.05. The van der Waals surface area contributed by atoms with Crippen molar-refractivity contribution in [1.29, 1.82) is 0 Å². The smallest absolute Gasteiger partial charge is 0.252 e. The SMILES string of the molecule is CCCC(c1nnnn1Cc1ccccc1)N(Cc1cc2cc(C)ccc2[nH]c1=O)C1CCCCC1. The van der Waals surface area contributed by atoms with Crippen LogP contribution in [0.2, 0.25) is 0 Å². The summed E-state index contributed by atoms with van der Waals surface area (Å²) in [6.45, 7) is 5.52. The maximum absolute atomic E-state index is 13.2. The number of H-pyrrole nitrogens is 1. The van der Waals surface area contributed by atoms with Crippen LogP contribution in [0.5, 0.6) is 0 Å². The van der Waals surface area contributed by atoms with Gasteiger partial charge in [0.15, 0.2) is 5.82 Å². The topological polar surface area (TPSA) is 79.7 Å². The van der Waals surface area contributed by atoms with Crippen molar-refractivity contribution in [1.82, 2.24) is 30.1 Å². The van der Waals surface area contributed by atoms with Crippen LogP contribution in [-0.2, 0) is 13.1 Å². The van der Waals surface area contributed by atoms with Gasteiger partial charge in [-0.05, 0) is 65.8 Å². The third-order valence-electron chi connectivity index (χ3n) is 7.47. The average molecular weight is 485 g/mol. The number of nitrogens with one attached hydrogen (secondary N) is 1. The van der Waals surface area contributed by atoms with Crippen molar-refractivity contribution in [3.63, 3.8) is 0 Å². The zero-order valence-corrected chi connectivity index (χ0v) is 21.4. The zero-order valence-electron chi connectivity index (χ0n) is 21.4. The van der Waals surface area contributed by atoms with Gasteiger partial charge in [0.05, 0.1) is 12.6 Å². The van der Waals surface area contributed by atoms with Gasteiger partial charge < -0.3 is 4.98 Å². The van der Waals surface area contributed by atoms with Gasteiger partial charge in [-0.2, -0.15) is 0 Å². The van der Waals surface area contributed by atoms with E-state index >= 15 is 0 Å². The molecule has 1 N–H and O–H groups in total. The van der Waals surface area contributed by atoms with Crippen LogP contribution in [0.4, 0.5) is 0 Å². The monoisotopic (exact) mass is 484 g/mol. The molecular weight excluding hydrogens is 448 g/mol. The minimum Gasteiger partial charge on any atom is -0.322 e. The van der Waals surface area contributed by atoms with Crippen LogP contribution in [0.1, 0.15) is 80.4 Å². The van der Waals surface area contributed by atoms with Gasteiger partial charge in [-0.1, -0.05) is 74.6 Å². The first-order valence-corrected chi connectivity index (χ1v) is 13.3. The molecule has 1 saturated carbocycles. The Labute approximate surface area is 212 Å². The van der Waals surface area contributed by atoms with Gasteiger partial charge in [0, 0.05) is 23.7 Å².